The van der Waals surface area contributed by atoms with Crippen molar-refractivity contribution in [3.8, 4) is 5.75 Å². The average Bonchev–Trinajstić information content (AvgIpc) is 2.53. The minimum Gasteiger partial charge on any atom is -0.507 e. The van der Waals surface area contributed by atoms with Crippen LogP contribution in [0.15, 0.2) is 53.0 Å². The Morgan fingerprint density at radius 3 is 2.48 bits per heavy atom. The highest BCUT2D eigenvalue weighted by Crippen LogP contribution is 2.17. The van der Waals surface area contributed by atoms with Crippen LogP contribution in [0.3, 0.4) is 0 Å². The lowest BCUT2D eigenvalue weighted by atomic mass is 10.1. The summed E-state index contributed by atoms with van der Waals surface area (Å²) in [6, 6.07) is 13.4. The monoisotopic (exact) mass is 377 g/mol. The molecule has 2 aromatic carbocycles. The summed E-state index contributed by atoms with van der Waals surface area (Å²) in [6.45, 7) is 1.43. The van der Waals surface area contributed by atoms with Crippen LogP contribution in [-0.4, -0.2) is 23.6 Å². The molecule has 0 saturated heterocycles. The molecule has 1 atom stereocenters. The van der Waals surface area contributed by atoms with E-state index in [1.54, 1.807) is 12.1 Å². The van der Waals surface area contributed by atoms with E-state index in [9.17, 15) is 14.7 Å². The molecule has 0 unspecified atom stereocenters. The Labute approximate surface area is 142 Å². The molecular weight excluding hydrogens is 362 g/mol. The van der Waals surface area contributed by atoms with Crippen molar-refractivity contribution in [1.29, 1.82) is 0 Å². The van der Waals surface area contributed by atoms with E-state index in [-0.39, 0.29) is 17.4 Å². The third-order valence-corrected chi connectivity index (χ3v) is 3.73. The lowest BCUT2D eigenvalue weighted by Crippen LogP contribution is -2.31. The topological polar surface area (TPSA) is 75.6 Å². The number of ether oxygens (including phenoxy) is 1. The first-order valence-electron chi connectivity index (χ1n) is 6.97. The molecule has 1 amide bonds. The van der Waals surface area contributed by atoms with Crippen molar-refractivity contribution < 1.29 is 19.4 Å². The number of rotatable bonds is 5. The Morgan fingerprint density at radius 2 is 1.83 bits per heavy atom. The molecule has 5 nitrogen and oxygen atoms in total. The fourth-order valence-corrected chi connectivity index (χ4v) is 2.24. The number of esters is 1. The summed E-state index contributed by atoms with van der Waals surface area (Å²) < 4.78 is 5.86. The Balaban J connectivity index is 1.86. The van der Waals surface area contributed by atoms with Crippen molar-refractivity contribution in [2.24, 2.45) is 0 Å². The molecule has 23 heavy (non-hydrogen) atoms. The number of carbonyl (C=O) groups is 2. The molecule has 0 fully saturated rings. The van der Waals surface area contributed by atoms with Crippen molar-refractivity contribution in [2.45, 2.75) is 13.0 Å². The number of aromatic hydroxyl groups is 1. The van der Waals surface area contributed by atoms with E-state index in [0.717, 1.165) is 10.0 Å². The zero-order valence-electron chi connectivity index (χ0n) is 12.5. The van der Waals surface area contributed by atoms with E-state index >= 15 is 0 Å². The lowest BCUT2D eigenvalue weighted by molar-refractivity contribution is -0.124. The minimum absolute atomic E-state index is 0.0289. The highest BCUT2D eigenvalue weighted by atomic mass is 79.9. The molecule has 0 aliphatic carbocycles. The number of halogens is 1. The molecule has 6 heteroatoms. The number of para-hydroxylation sites is 1. The van der Waals surface area contributed by atoms with Crippen molar-refractivity contribution in [3.05, 3.63) is 64.1 Å². The van der Waals surface area contributed by atoms with Gasteiger partial charge in [-0.05, 0) is 36.8 Å². The molecule has 0 aromatic heterocycles. The van der Waals surface area contributed by atoms with Gasteiger partial charge < -0.3 is 15.2 Å². The van der Waals surface area contributed by atoms with Gasteiger partial charge in [0.25, 0.3) is 5.91 Å². The van der Waals surface area contributed by atoms with Crippen LogP contribution >= 0.6 is 15.9 Å². The number of amides is 1. The fourth-order valence-electron chi connectivity index (χ4n) is 1.97. The number of hydrogen-bond donors (Lipinski definition) is 2. The third-order valence-electron chi connectivity index (χ3n) is 3.21. The van der Waals surface area contributed by atoms with Crippen LogP contribution < -0.4 is 5.32 Å². The van der Waals surface area contributed by atoms with E-state index in [1.807, 2.05) is 31.2 Å². The van der Waals surface area contributed by atoms with Gasteiger partial charge in [0.2, 0.25) is 0 Å². The number of benzene rings is 2. The van der Waals surface area contributed by atoms with Crippen molar-refractivity contribution in [2.75, 3.05) is 6.61 Å². The number of phenolic OH excluding ortho intramolecular Hbond substituents is 1. The quantitative estimate of drug-likeness (QED) is 0.784. The Kier molecular flexibility index (Phi) is 5.76. The second kappa shape index (κ2) is 7.78. The van der Waals surface area contributed by atoms with E-state index in [2.05, 4.69) is 21.2 Å². The zero-order valence-corrected chi connectivity index (χ0v) is 14.0. The van der Waals surface area contributed by atoms with Gasteiger partial charge in [0.1, 0.15) is 11.3 Å². The van der Waals surface area contributed by atoms with E-state index in [0.29, 0.717) is 0 Å². The largest absolute Gasteiger partial charge is 0.507 e. The number of nitrogens with one attached hydrogen (secondary N) is 1. The highest BCUT2D eigenvalue weighted by Gasteiger charge is 2.15. The van der Waals surface area contributed by atoms with E-state index in [1.165, 1.54) is 12.1 Å². The summed E-state index contributed by atoms with van der Waals surface area (Å²) in [5.74, 6) is -1.33. The predicted octanol–water partition coefficient (Wildman–Crippen LogP) is 3.19. The van der Waals surface area contributed by atoms with E-state index in [4.69, 9.17) is 4.74 Å². The van der Waals surface area contributed by atoms with Crippen LogP contribution in [0, 0.1) is 0 Å². The molecule has 2 N–H and O–H groups in total. The average molecular weight is 378 g/mol. The summed E-state index contributed by atoms with van der Waals surface area (Å²) in [6.07, 6.45) is 0. The van der Waals surface area contributed by atoms with Crippen LogP contribution in [0.1, 0.15) is 28.9 Å². The number of phenols is 1. The van der Waals surface area contributed by atoms with Crippen LogP contribution in [0.25, 0.3) is 0 Å². The zero-order chi connectivity index (χ0) is 16.8. The minimum atomic E-state index is -0.741. The fraction of sp³-hybridized carbons (Fsp3) is 0.176. The Bertz CT molecular complexity index is 700. The predicted molar refractivity (Wildman–Crippen MR) is 89.1 cm³/mol. The van der Waals surface area contributed by atoms with Gasteiger partial charge in [-0.3, -0.25) is 4.79 Å². The smallest absolute Gasteiger partial charge is 0.342 e. The van der Waals surface area contributed by atoms with Crippen LogP contribution in [0.2, 0.25) is 0 Å². The van der Waals surface area contributed by atoms with Gasteiger partial charge in [0, 0.05) is 4.47 Å². The summed E-state index contributed by atoms with van der Waals surface area (Å²) in [7, 11) is 0. The molecule has 0 aliphatic heterocycles. The second-order valence-electron chi connectivity index (χ2n) is 4.93. The van der Waals surface area contributed by atoms with Gasteiger partial charge in [-0.2, -0.15) is 0 Å². The number of hydrogen-bond acceptors (Lipinski definition) is 4. The normalized spacial score (nSPS) is 11.6. The first-order chi connectivity index (χ1) is 11.0. The Morgan fingerprint density at radius 1 is 1.17 bits per heavy atom. The molecule has 2 rings (SSSR count). The number of carbonyl (C=O) groups excluding carboxylic acids is 2. The van der Waals surface area contributed by atoms with Gasteiger partial charge in [0.15, 0.2) is 6.61 Å². The maximum absolute atomic E-state index is 11.9. The first kappa shape index (κ1) is 17.0. The maximum atomic E-state index is 11.9. The SMILES string of the molecule is C[C@@H](NC(=O)COC(=O)c1ccccc1O)c1ccc(Br)cc1. The van der Waals surface area contributed by atoms with Crippen LogP contribution in [-0.2, 0) is 9.53 Å². The van der Waals surface area contributed by atoms with Crippen molar-refractivity contribution >= 4 is 27.8 Å². The maximum Gasteiger partial charge on any atom is 0.342 e. The van der Waals surface area contributed by atoms with Crippen LogP contribution in [0.4, 0.5) is 0 Å². The van der Waals surface area contributed by atoms with Gasteiger partial charge in [-0.15, -0.1) is 0 Å². The lowest BCUT2D eigenvalue weighted by Gasteiger charge is -2.14. The standard InChI is InChI=1S/C17H16BrNO4/c1-11(12-6-8-13(18)9-7-12)19-16(21)10-23-17(22)14-4-2-3-5-15(14)20/h2-9,11,20H,10H2,1H3,(H,19,21)/t11-/m1/s1. The van der Waals surface area contributed by atoms with Gasteiger partial charge >= 0.3 is 5.97 Å². The molecule has 2 aromatic rings. The molecule has 0 heterocycles. The van der Waals surface area contributed by atoms with Gasteiger partial charge in [-0.25, -0.2) is 4.79 Å². The summed E-state index contributed by atoms with van der Waals surface area (Å²) in [4.78, 5) is 23.7. The van der Waals surface area contributed by atoms with E-state index < -0.39 is 18.5 Å². The molecule has 0 spiro atoms. The first-order valence-corrected chi connectivity index (χ1v) is 7.76. The highest BCUT2D eigenvalue weighted by molar-refractivity contribution is 9.10. The molecule has 0 aliphatic rings. The van der Waals surface area contributed by atoms with Crippen molar-refractivity contribution in [3.63, 3.8) is 0 Å². The molecular formula is C17H16BrNO4. The Hall–Kier alpha value is -2.34. The summed E-state index contributed by atoms with van der Waals surface area (Å²) in [5.41, 5.74) is 0.967. The van der Waals surface area contributed by atoms with Gasteiger partial charge in [0.05, 0.1) is 6.04 Å². The third kappa shape index (κ3) is 4.82. The molecule has 120 valence electrons. The second-order valence-corrected chi connectivity index (χ2v) is 5.85. The molecule has 0 bridgehead atoms. The van der Waals surface area contributed by atoms with Crippen LogP contribution in [0.5, 0.6) is 5.75 Å². The van der Waals surface area contributed by atoms with Gasteiger partial charge in [-0.1, -0.05) is 40.2 Å². The van der Waals surface area contributed by atoms with Crippen molar-refractivity contribution in [1.82, 2.24) is 5.32 Å². The molecule has 0 saturated carbocycles. The molecule has 0 radical (unpaired) electrons. The summed E-state index contributed by atoms with van der Waals surface area (Å²) >= 11 is 3.35. The summed E-state index contributed by atoms with van der Waals surface area (Å²) in [5, 5.41) is 12.3.